The number of carbonyl (C=O) groups is 2. The predicted octanol–water partition coefficient (Wildman–Crippen LogP) is 1.47. The van der Waals surface area contributed by atoms with Crippen molar-refractivity contribution in [3.63, 3.8) is 0 Å². The van der Waals surface area contributed by atoms with Gasteiger partial charge in [0.25, 0.3) is 0 Å². The zero-order valence-corrected chi connectivity index (χ0v) is 7.60. The van der Waals surface area contributed by atoms with Crippen LogP contribution in [0.5, 0.6) is 5.75 Å². The molecule has 1 heterocycles. The number of ether oxygens (including phenoxy) is 1. The molecule has 0 aliphatic carbocycles. The van der Waals surface area contributed by atoms with E-state index in [4.69, 9.17) is 4.74 Å². The van der Waals surface area contributed by atoms with Crippen molar-refractivity contribution in [1.29, 1.82) is 0 Å². The molecule has 0 saturated carbocycles. The van der Waals surface area contributed by atoms with Gasteiger partial charge in [0.2, 0.25) is 0 Å². The molecule has 0 amide bonds. The van der Waals surface area contributed by atoms with Crippen LogP contribution in [0.15, 0.2) is 24.3 Å². The van der Waals surface area contributed by atoms with Crippen LogP contribution in [-0.4, -0.2) is 18.7 Å². The molecule has 14 heavy (non-hydrogen) atoms. The second-order valence-corrected chi connectivity index (χ2v) is 3.27. The number of benzene rings is 1. The Morgan fingerprint density at radius 3 is 3.00 bits per heavy atom. The Bertz CT molecular complexity index is 371. The first kappa shape index (κ1) is 8.94. The molecule has 0 aromatic heterocycles. The third-order valence-corrected chi connectivity index (χ3v) is 2.34. The van der Waals surface area contributed by atoms with Gasteiger partial charge in [-0.25, -0.2) is 0 Å². The van der Waals surface area contributed by atoms with Crippen molar-refractivity contribution in [2.45, 2.75) is 6.42 Å². The second-order valence-electron chi connectivity index (χ2n) is 3.27. The summed E-state index contributed by atoms with van der Waals surface area (Å²) in [5.74, 6) is 0.334. The highest BCUT2D eigenvalue weighted by Gasteiger charge is 2.27. The van der Waals surface area contributed by atoms with Crippen LogP contribution in [-0.2, 0) is 4.79 Å². The van der Waals surface area contributed by atoms with Crippen LogP contribution in [0.3, 0.4) is 0 Å². The number of hydrogen-bond acceptors (Lipinski definition) is 3. The van der Waals surface area contributed by atoms with E-state index in [-0.39, 0.29) is 18.1 Å². The quantitative estimate of drug-likeness (QED) is 0.663. The first-order chi connectivity index (χ1) is 6.83. The Hall–Kier alpha value is -1.64. The molecule has 3 nitrogen and oxygen atoms in total. The lowest BCUT2D eigenvalue weighted by Crippen LogP contribution is -2.27. The Labute approximate surface area is 81.7 Å². The van der Waals surface area contributed by atoms with Crippen LogP contribution in [0.1, 0.15) is 16.8 Å². The molecule has 1 aromatic carbocycles. The van der Waals surface area contributed by atoms with Crippen molar-refractivity contribution in [2.75, 3.05) is 6.61 Å². The first-order valence-corrected chi connectivity index (χ1v) is 4.52. The van der Waals surface area contributed by atoms with Crippen molar-refractivity contribution in [1.82, 2.24) is 0 Å². The first-order valence-electron chi connectivity index (χ1n) is 4.52. The smallest absolute Gasteiger partial charge is 0.173 e. The lowest BCUT2D eigenvalue weighted by atomic mass is 9.93. The average Bonchev–Trinajstić information content (AvgIpc) is 2.23. The Balaban J connectivity index is 2.31. The van der Waals surface area contributed by atoms with E-state index in [1.165, 1.54) is 0 Å². The van der Waals surface area contributed by atoms with E-state index < -0.39 is 0 Å². The topological polar surface area (TPSA) is 43.4 Å². The van der Waals surface area contributed by atoms with E-state index in [1.807, 2.05) is 6.07 Å². The summed E-state index contributed by atoms with van der Waals surface area (Å²) >= 11 is 0. The van der Waals surface area contributed by atoms with Gasteiger partial charge in [0.15, 0.2) is 5.78 Å². The van der Waals surface area contributed by atoms with Crippen LogP contribution in [0.4, 0.5) is 0 Å². The minimum atomic E-state index is -0.303. The van der Waals surface area contributed by atoms with Gasteiger partial charge < -0.3 is 9.53 Å². The molecule has 1 aliphatic rings. The fourth-order valence-electron chi connectivity index (χ4n) is 1.57. The number of carbonyl (C=O) groups excluding carboxylic acids is 2. The fraction of sp³-hybridized carbons (Fsp3) is 0.273. The van der Waals surface area contributed by atoms with Crippen LogP contribution in [0, 0.1) is 5.92 Å². The summed E-state index contributed by atoms with van der Waals surface area (Å²) in [7, 11) is 0. The summed E-state index contributed by atoms with van der Waals surface area (Å²) in [4.78, 5) is 22.1. The molecule has 0 radical (unpaired) electrons. The minimum Gasteiger partial charge on any atom is -0.492 e. The second kappa shape index (κ2) is 3.62. The maximum atomic E-state index is 11.8. The van der Waals surface area contributed by atoms with Gasteiger partial charge in [0, 0.05) is 6.42 Å². The van der Waals surface area contributed by atoms with Gasteiger partial charge in [-0.1, -0.05) is 12.1 Å². The van der Waals surface area contributed by atoms with Gasteiger partial charge >= 0.3 is 0 Å². The number of hydrogen-bond donors (Lipinski definition) is 0. The molecule has 2 rings (SSSR count). The molecule has 72 valence electrons. The molecule has 3 heteroatoms. The molecule has 0 saturated heterocycles. The SMILES string of the molecule is O=CCC1COc2ccccc2C1=O. The lowest BCUT2D eigenvalue weighted by Gasteiger charge is -2.22. The molecule has 0 spiro atoms. The van der Waals surface area contributed by atoms with E-state index in [1.54, 1.807) is 18.2 Å². The van der Waals surface area contributed by atoms with Gasteiger partial charge in [-0.05, 0) is 12.1 Å². The maximum Gasteiger partial charge on any atom is 0.173 e. The van der Waals surface area contributed by atoms with Crippen LogP contribution in [0.2, 0.25) is 0 Å². The van der Waals surface area contributed by atoms with Crippen molar-refractivity contribution in [3.05, 3.63) is 29.8 Å². The third-order valence-electron chi connectivity index (χ3n) is 2.34. The number of aldehydes is 1. The number of ketones is 1. The van der Waals surface area contributed by atoms with Crippen molar-refractivity contribution in [3.8, 4) is 5.75 Å². The summed E-state index contributed by atoms with van der Waals surface area (Å²) in [6.07, 6.45) is 1.01. The number of Topliss-reactive ketones (excluding diaryl/α,β-unsaturated/α-hetero) is 1. The maximum absolute atomic E-state index is 11.8. The summed E-state index contributed by atoms with van der Waals surface area (Å²) < 4.78 is 5.38. The van der Waals surface area contributed by atoms with Crippen molar-refractivity contribution < 1.29 is 14.3 Å². The molecule has 0 N–H and O–H groups in total. The fourth-order valence-corrected chi connectivity index (χ4v) is 1.57. The molecular weight excluding hydrogens is 180 g/mol. The zero-order chi connectivity index (χ0) is 9.97. The Kier molecular flexibility index (Phi) is 2.31. The van der Waals surface area contributed by atoms with Crippen molar-refractivity contribution in [2.24, 2.45) is 5.92 Å². The van der Waals surface area contributed by atoms with Crippen LogP contribution in [0.25, 0.3) is 0 Å². The van der Waals surface area contributed by atoms with E-state index >= 15 is 0 Å². The predicted molar refractivity (Wildman–Crippen MR) is 50.4 cm³/mol. The molecule has 1 atom stereocenters. The minimum absolute atomic E-state index is 0.0129. The highest BCUT2D eigenvalue weighted by molar-refractivity contribution is 6.02. The molecule has 0 fully saturated rings. The summed E-state index contributed by atoms with van der Waals surface area (Å²) in [5.41, 5.74) is 0.589. The molecule has 0 bridgehead atoms. The summed E-state index contributed by atoms with van der Waals surface area (Å²) in [5, 5.41) is 0. The monoisotopic (exact) mass is 190 g/mol. The molecule has 1 aliphatic heterocycles. The number of rotatable bonds is 2. The third kappa shape index (κ3) is 1.41. The van der Waals surface area contributed by atoms with Gasteiger partial charge in [0.1, 0.15) is 12.0 Å². The molecular formula is C11H10O3. The van der Waals surface area contributed by atoms with Gasteiger partial charge in [-0.3, -0.25) is 4.79 Å². The lowest BCUT2D eigenvalue weighted by molar-refractivity contribution is -0.108. The van der Waals surface area contributed by atoms with E-state index in [2.05, 4.69) is 0 Å². The van der Waals surface area contributed by atoms with Crippen LogP contribution < -0.4 is 4.74 Å². The van der Waals surface area contributed by atoms with E-state index in [0.717, 1.165) is 6.29 Å². The van der Waals surface area contributed by atoms with Gasteiger partial charge in [-0.2, -0.15) is 0 Å². The summed E-state index contributed by atoms with van der Waals surface area (Å²) in [6.45, 7) is 0.314. The molecule has 1 aromatic rings. The zero-order valence-electron chi connectivity index (χ0n) is 7.60. The highest BCUT2D eigenvalue weighted by atomic mass is 16.5. The van der Waals surface area contributed by atoms with E-state index in [9.17, 15) is 9.59 Å². The molecule has 1 unspecified atom stereocenters. The number of para-hydroxylation sites is 1. The number of fused-ring (bicyclic) bond motifs is 1. The average molecular weight is 190 g/mol. The largest absolute Gasteiger partial charge is 0.492 e. The van der Waals surface area contributed by atoms with Crippen molar-refractivity contribution >= 4 is 12.1 Å². The normalized spacial score (nSPS) is 19.7. The standard InChI is InChI=1S/C11H10O3/c12-6-5-8-7-14-10-4-2-1-3-9(10)11(8)13/h1-4,6,8H,5,7H2. The Morgan fingerprint density at radius 2 is 2.21 bits per heavy atom. The van der Waals surface area contributed by atoms with E-state index in [0.29, 0.717) is 17.9 Å². The Morgan fingerprint density at radius 1 is 1.43 bits per heavy atom. The van der Waals surface area contributed by atoms with Gasteiger partial charge in [0.05, 0.1) is 18.1 Å². The highest BCUT2D eigenvalue weighted by Crippen LogP contribution is 2.27. The van der Waals surface area contributed by atoms with Gasteiger partial charge in [-0.15, -0.1) is 0 Å². The summed E-state index contributed by atoms with van der Waals surface area (Å²) in [6, 6.07) is 7.12. The van der Waals surface area contributed by atoms with Crippen LogP contribution >= 0.6 is 0 Å².